The van der Waals surface area contributed by atoms with Gasteiger partial charge in [0.1, 0.15) is 6.61 Å². The summed E-state index contributed by atoms with van der Waals surface area (Å²) in [6.07, 6.45) is 3.39. The van der Waals surface area contributed by atoms with Crippen molar-refractivity contribution >= 4 is 6.09 Å². The van der Waals surface area contributed by atoms with Gasteiger partial charge in [0.15, 0.2) is 0 Å². The molecule has 5 nitrogen and oxygen atoms in total. The molecular weight excluding hydrogens is 366 g/mol. The fourth-order valence-corrected chi connectivity index (χ4v) is 4.64. The number of carbonyl (C=O) groups is 1. The van der Waals surface area contributed by atoms with E-state index in [0.29, 0.717) is 32.5 Å². The highest BCUT2D eigenvalue weighted by molar-refractivity contribution is 5.69. The Morgan fingerprint density at radius 1 is 0.931 bits per heavy atom. The Hall–Kier alpha value is -2.37. The van der Waals surface area contributed by atoms with E-state index in [1.165, 1.54) is 0 Å². The van der Waals surface area contributed by atoms with E-state index in [9.17, 15) is 9.90 Å². The van der Waals surface area contributed by atoms with Crippen molar-refractivity contribution in [1.29, 1.82) is 0 Å². The van der Waals surface area contributed by atoms with Gasteiger partial charge in [-0.05, 0) is 43.2 Å². The van der Waals surface area contributed by atoms with Crippen LogP contribution in [0.15, 0.2) is 60.7 Å². The van der Waals surface area contributed by atoms with Crippen molar-refractivity contribution in [2.24, 2.45) is 0 Å². The van der Waals surface area contributed by atoms with Crippen molar-refractivity contribution in [3.8, 4) is 0 Å². The van der Waals surface area contributed by atoms with Gasteiger partial charge in [-0.3, -0.25) is 0 Å². The van der Waals surface area contributed by atoms with Gasteiger partial charge in [-0.15, -0.1) is 0 Å². The molecule has 29 heavy (non-hydrogen) atoms. The van der Waals surface area contributed by atoms with E-state index in [4.69, 9.17) is 9.47 Å². The maximum Gasteiger partial charge on any atom is 0.410 e. The first-order valence-electron chi connectivity index (χ1n) is 10.5. The first kappa shape index (κ1) is 19.9. The Kier molecular flexibility index (Phi) is 6.16. The molecule has 2 aliphatic rings. The van der Waals surface area contributed by atoms with Crippen LogP contribution in [-0.2, 0) is 22.7 Å². The summed E-state index contributed by atoms with van der Waals surface area (Å²) in [7, 11) is 0. The van der Waals surface area contributed by atoms with Gasteiger partial charge in [0.2, 0.25) is 0 Å². The molecule has 1 amide bonds. The number of aliphatic hydroxyl groups is 1. The molecule has 2 aromatic carbocycles. The van der Waals surface area contributed by atoms with Crippen molar-refractivity contribution < 1.29 is 19.4 Å². The Labute approximate surface area is 172 Å². The molecule has 2 atom stereocenters. The van der Waals surface area contributed by atoms with Gasteiger partial charge >= 0.3 is 6.09 Å². The number of ether oxygens (including phenoxy) is 2. The standard InChI is InChI=1S/C24H29NO4/c26-23(29-18-20-9-5-2-6-10-20)25-21-11-12-22(25)16-24(27,15-21)13-14-28-17-19-7-3-1-4-8-19/h1-10,21-22,27H,11-18H2. The molecule has 2 fully saturated rings. The molecule has 0 aliphatic carbocycles. The summed E-state index contributed by atoms with van der Waals surface area (Å²) < 4.78 is 11.3. The van der Waals surface area contributed by atoms with Gasteiger partial charge in [0, 0.05) is 18.7 Å². The minimum atomic E-state index is -0.765. The summed E-state index contributed by atoms with van der Waals surface area (Å²) in [4.78, 5) is 14.5. The third-order valence-electron chi connectivity index (χ3n) is 6.09. The van der Waals surface area contributed by atoms with Crippen LogP contribution in [0.4, 0.5) is 4.79 Å². The maximum atomic E-state index is 12.7. The summed E-state index contributed by atoms with van der Waals surface area (Å²) in [6, 6.07) is 19.9. The van der Waals surface area contributed by atoms with E-state index in [2.05, 4.69) is 0 Å². The zero-order chi connectivity index (χ0) is 20.1. The van der Waals surface area contributed by atoms with Crippen LogP contribution in [0.2, 0.25) is 0 Å². The van der Waals surface area contributed by atoms with Crippen LogP contribution < -0.4 is 0 Å². The van der Waals surface area contributed by atoms with Crippen LogP contribution in [0.3, 0.4) is 0 Å². The SMILES string of the molecule is O=C(OCc1ccccc1)N1C2CCC1CC(O)(CCOCc1ccccc1)C2. The first-order valence-corrected chi connectivity index (χ1v) is 10.5. The normalized spacial score (nSPS) is 25.8. The highest BCUT2D eigenvalue weighted by Gasteiger charge is 2.49. The highest BCUT2D eigenvalue weighted by Crippen LogP contribution is 2.42. The van der Waals surface area contributed by atoms with E-state index >= 15 is 0 Å². The Morgan fingerprint density at radius 3 is 2.07 bits per heavy atom. The lowest BCUT2D eigenvalue weighted by atomic mass is 9.84. The predicted molar refractivity (Wildman–Crippen MR) is 110 cm³/mol. The number of piperidine rings is 1. The number of hydrogen-bond donors (Lipinski definition) is 1. The fourth-order valence-electron chi connectivity index (χ4n) is 4.64. The number of nitrogens with zero attached hydrogens (tertiary/aromatic N) is 1. The van der Waals surface area contributed by atoms with Crippen LogP contribution in [-0.4, -0.2) is 40.4 Å². The number of carbonyl (C=O) groups excluding carboxylic acids is 1. The molecular formula is C24H29NO4. The van der Waals surface area contributed by atoms with Crippen LogP contribution >= 0.6 is 0 Å². The second kappa shape index (κ2) is 8.97. The lowest BCUT2D eigenvalue weighted by Crippen LogP contribution is -2.53. The summed E-state index contributed by atoms with van der Waals surface area (Å²) in [6.45, 7) is 1.36. The van der Waals surface area contributed by atoms with E-state index in [1.807, 2.05) is 65.6 Å². The summed E-state index contributed by atoms with van der Waals surface area (Å²) in [5.41, 5.74) is 1.35. The third-order valence-corrected chi connectivity index (χ3v) is 6.09. The van der Waals surface area contributed by atoms with E-state index in [-0.39, 0.29) is 24.8 Å². The Balaban J connectivity index is 1.26. The number of rotatable bonds is 7. The number of fused-ring (bicyclic) bond motifs is 2. The smallest absolute Gasteiger partial charge is 0.410 e. The molecule has 0 aromatic heterocycles. The molecule has 0 saturated carbocycles. The van der Waals surface area contributed by atoms with E-state index in [1.54, 1.807) is 0 Å². The molecule has 2 heterocycles. The monoisotopic (exact) mass is 395 g/mol. The van der Waals surface area contributed by atoms with Crippen molar-refractivity contribution in [1.82, 2.24) is 4.90 Å². The largest absolute Gasteiger partial charge is 0.445 e. The Morgan fingerprint density at radius 2 is 1.48 bits per heavy atom. The number of benzene rings is 2. The van der Waals surface area contributed by atoms with Crippen LogP contribution in [0, 0.1) is 0 Å². The molecule has 2 bridgehead atoms. The van der Waals surface area contributed by atoms with Gasteiger partial charge in [0.05, 0.1) is 12.2 Å². The van der Waals surface area contributed by atoms with Gasteiger partial charge < -0.3 is 19.5 Å². The van der Waals surface area contributed by atoms with Gasteiger partial charge in [0.25, 0.3) is 0 Å². The molecule has 1 N–H and O–H groups in total. The van der Waals surface area contributed by atoms with Gasteiger partial charge in [-0.1, -0.05) is 60.7 Å². The van der Waals surface area contributed by atoms with Crippen molar-refractivity contribution in [3.63, 3.8) is 0 Å². The van der Waals surface area contributed by atoms with Crippen molar-refractivity contribution in [3.05, 3.63) is 71.8 Å². The summed E-state index contributed by atoms with van der Waals surface area (Å²) in [5.74, 6) is 0. The van der Waals surface area contributed by atoms with Crippen LogP contribution in [0.25, 0.3) is 0 Å². The van der Waals surface area contributed by atoms with Crippen molar-refractivity contribution in [2.45, 2.75) is 63.0 Å². The van der Waals surface area contributed by atoms with E-state index in [0.717, 1.165) is 24.0 Å². The van der Waals surface area contributed by atoms with E-state index < -0.39 is 5.60 Å². The zero-order valence-electron chi connectivity index (χ0n) is 16.7. The summed E-state index contributed by atoms with van der Waals surface area (Å²) in [5, 5.41) is 11.1. The molecule has 5 heteroatoms. The molecule has 0 spiro atoms. The predicted octanol–water partition coefficient (Wildman–Crippen LogP) is 4.29. The molecule has 4 rings (SSSR count). The molecule has 2 saturated heterocycles. The molecule has 154 valence electrons. The molecule has 0 radical (unpaired) electrons. The average Bonchev–Trinajstić information content (AvgIpc) is 3.03. The quantitative estimate of drug-likeness (QED) is 0.711. The molecule has 2 aliphatic heterocycles. The average molecular weight is 395 g/mol. The maximum absolute atomic E-state index is 12.7. The van der Waals surface area contributed by atoms with Crippen LogP contribution in [0.5, 0.6) is 0 Å². The lowest BCUT2D eigenvalue weighted by molar-refractivity contribution is -0.0683. The number of amides is 1. The number of hydrogen-bond acceptors (Lipinski definition) is 4. The fraction of sp³-hybridized carbons (Fsp3) is 0.458. The topological polar surface area (TPSA) is 59.0 Å². The second-order valence-electron chi connectivity index (χ2n) is 8.25. The highest BCUT2D eigenvalue weighted by atomic mass is 16.6. The Bertz CT molecular complexity index is 781. The van der Waals surface area contributed by atoms with Gasteiger partial charge in [-0.25, -0.2) is 4.79 Å². The van der Waals surface area contributed by atoms with Gasteiger partial charge in [-0.2, -0.15) is 0 Å². The zero-order valence-corrected chi connectivity index (χ0v) is 16.7. The second-order valence-corrected chi connectivity index (χ2v) is 8.25. The molecule has 2 aromatic rings. The minimum Gasteiger partial charge on any atom is -0.445 e. The molecule has 2 unspecified atom stereocenters. The van der Waals surface area contributed by atoms with Crippen LogP contribution in [0.1, 0.15) is 43.2 Å². The van der Waals surface area contributed by atoms with Crippen molar-refractivity contribution in [2.75, 3.05) is 6.61 Å². The minimum absolute atomic E-state index is 0.0520. The first-order chi connectivity index (χ1) is 14.1. The summed E-state index contributed by atoms with van der Waals surface area (Å²) >= 11 is 0. The lowest BCUT2D eigenvalue weighted by Gasteiger charge is -2.43. The third kappa shape index (κ3) is 4.98.